The smallest absolute Gasteiger partial charge is 0.269 e. The number of hydrogen-bond donors (Lipinski definition) is 4. The fraction of sp³-hybridized carbons (Fsp3) is 0. The number of rotatable bonds is 4. The molecule has 0 aliphatic rings. The second kappa shape index (κ2) is 5.69. The number of anilines is 4. The number of nitrogen functional groups attached to an aromatic ring is 3. The Bertz CT molecular complexity index is 675. The molecular formula is C11H12N8O2. The van der Waals surface area contributed by atoms with Crippen molar-refractivity contribution in [2.75, 3.05) is 22.6 Å². The molecule has 0 spiro atoms. The quantitative estimate of drug-likeness (QED) is 0.359. The molecule has 0 bridgehead atoms. The Hall–Kier alpha value is -3.43. The molecule has 10 heteroatoms. The molecule has 1 aromatic heterocycles. The van der Waals surface area contributed by atoms with Gasteiger partial charge >= 0.3 is 0 Å². The predicted octanol–water partition coefficient (Wildman–Crippen LogP) is 0.577. The van der Waals surface area contributed by atoms with Crippen LogP contribution in [0.4, 0.5) is 29.0 Å². The van der Waals surface area contributed by atoms with Gasteiger partial charge < -0.3 is 17.2 Å². The number of nitrogens with two attached hydrogens (primary N) is 3. The molecule has 0 aliphatic carbocycles. The molecule has 2 aromatic rings. The molecule has 0 radical (unpaired) electrons. The van der Waals surface area contributed by atoms with E-state index in [1.54, 1.807) is 0 Å². The van der Waals surface area contributed by atoms with Crippen molar-refractivity contribution in [3.63, 3.8) is 0 Å². The summed E-state index contributed by atoms with van der Waals surface area (Å²) in [5, 5.41) is 14.4. The van der Waals surface area contributed by atoms with Crippen molar-refractivity contribution in [1.29, 1.82) is 0 Å². The van der Waals surface area contributed by atoms with Crippen molar-refractivity contribution in [2.45, 2.75) is 0 Å². The minimum absolute atomic E-state index is 0.00930. The number of hydrogen-bond acceptors (Lipinski definition) is 9. The second-order valence-corrected chi connectivity index (χ2v) is 3.94. The third kappa shape index (κ3) is 3.32. The Morgan fingerprint density at radius 1 is 1.14 bits per heavy atom. The molecule has 0 amide bonds. The third-order valence-electron chi connectivity index (χ3n) is 2.49. The zero-order valence-electron chi connectivity index (χ0n) is 10.7. The fourth-order valence-electron chi connectivity index (χ4n) is 1.48. The summed E-state index contributed by atoms with van der Waals surface area (Å²) in [5.74, 6) is 0.189. The Morgan fingerprint density at radius 3 is 2.24 bits per heavy atom. The molecule has 0 fully saturated rings. The monoisotopic (exact) mass is 288 g/mol. The van der Waals surface area contributed by atoms with Gasteiger partial charge in [-0.25, -0.2) is 0 Å². The minimum atomic E-state index is -0.486. The van der Waals surface area contributed by atoms with Gasteiger partial charge in [0.15, 0.2) is 0 Å². The Kier molecular flexibility index (Phi) is 3.79. The van der Waals surface area contributed by atoms with Crippen LogP contribution >= 0.6 is 0 Å². The molecule has 0 atom stereocenters. The van der Waals surface area contributed by atoms with Crippen molar-refractivity contribution in [3.8, 4) is 0 Å². The van der Waals surface area contributed by atoms with Crippen molar-refractivity contribution >= 4 is 35.2 Å². The lowest BCUT2D eigenvalue weighted by atomic mass is 10.3. The number of nitrogens with zero attached hydrogens (tertiary/aromatic N) is 4. The number of nitrogens with one attached hydrogen (secondary N) is 1. The van der Waals surface area contributed by atoms with Gasteiger partial charge in [0.05, 0.1) is 22.4 Å². The van der Waals surface area contributed by atoms with E-state index in [0.717, 1.165) is 0 Å². The topological polar surface area (TPSA) is 171 Å². The zero-order valence-corrected chi connectivity index (χ0v) is 10.7. The largest absolute Gasteiger partial charge is 0.383 e. The maximum absolute atomic E-state index is 10.5. The van der Waals surface area contributed by atoms with Crippen LogP contribution < -0.4 is 22.6 Å². The number of hydrazone groups is 1. The van der Waals surface area contributed by atoms with E-state index >= 15 is 0 Å². The summed E-state index contributed by atoms with van der Waals surface area (Å²) in [7, 11) is 0. The van der Waals surface area contributed by atoms with Crippen molar-refractivity contribution in [3.05, 3.63) is 39.9 Å². The van der Waals surface area contributed by atoms with Crippen LogP contribution in [0.25, 0.3) is 0 Å². The molecule has 0 unspecified atom stereocenters. The van der Waals surface area contributed by atoms with E-state index in [1.807, 2.05) is 0 Å². The van der Waals surface area contributed by atoms with Crippen LogP contribution in [0.5, 0.6) is 0 Å². The standard InChI is InChI=1S/C11H12N8O2/c12-9-8(10(13)17-11(14)16-9)5-15-18-6-1-3-7(4-2-6)19(20)21/h1-5,18H,(H6,12,13,14,16,17). The Morgan fingerprint density at radius 2 is 1.71 bits per heavy atom. The maximum atomic E-state index is 10.5. The highest BCUT2D eigenvalue weighted by Crippen LogP contribution is 2.16. The van der Waals surface area contributed by atoms with E-state index < -0.39 is 4.92 Å². The highest BCUT2D eigenvalue weighted by molar-refractivity contribution is 5.91. The van der Waals surface area contributed by atoms with Crippen LogP contribution in [-0.2, 0) is 0 Å². The summed E-state index contributed by atoms with van der Waals surface area (Å²) in [6.07, 6.45) is 1.34. The lowest BCUT2D eigenvalue weighted by Crippen LogP contribution is -2.08. The van der Waals surface area contributed by atoms with E-state index in [-0.39, 0.29) is 23.3 Å². The van der Waals surface area contributed by atoms with E-state index in [0.29, 0.717) is 11.3 Å². The van der Waals surface area contributed by atoms with Crippen LogP contribution in [0.15, 0.2) is 29.4 Å². The molecular weight excluding hydrogens is 276 g/mol. The first kappa shape index (κ1) is 14.0. The second-order valence-electron chi connectivity index (χ2n) is 3.94. The average molecular weight is 288 g/mol. The van der Waals surface area contributed by atoms with Gasteiger partial charge in [0, 0.05) is 12.1 Å². The van der Waals surface area contributed by atoms with Crippen LogP contribution in [0, 0.1) is 10.1 Å². The van der Waals surface area contributed by atoms with Gasteiger partial charge in [-0.05, 0) is 12.1 Å². The maximum Gasteiger partial charge on any atom is 0.269 e. The van der Waals surface area contributed by atoms with Crippen LogP contribution in [0.1, 0.15) is 5.56 Å². The van der Waals surface area contributed by atoms with Crippen molar-refractivity contribution < 1.29 is 4.92 Å². The molecule has 1 heterocycles. The van der Waals surface area contributed by atoms with Crippen LogP contribution in [0.2, 0.25) is 0 Å². The molecule has 0 aliphatic heterocycles. The van der Waals surface area contributed by atoms with E-state index in [1.165, 1.54) is 30.5 Å². The lowest BCUT2D eigenvalue weighted by Gasteiger charge is -2.04. The van der Waals surface area contributed by atoms with Gasteiger partial charge in [-0.1, -0.05) is 0 Å². The molecule has 0 saturated heterocycles. The summed E-state index contributed by atoms with van der Waals surface area (Å²) in [6.45, 7) is 0. The van der Waals surface area contributed by atoms with Gasteiger partial charge in [-0.2, -0.15) is 15.1 Å². The van der Waals surface area contributed by atoms with Gasteiger partial charge in [0.2, 0.25) is 5.95 Å². The summed E-state index contributed by atoms with van der Waals surface area (Å²) < 4.78 is 0. The van der Waals surface area contributed by atoms with Gasteiger partial charge in [0.1, 0.15) is 11.6 Å². The first-order valence-electron chi connectivity index (χ1n) is 5.69. The Balaban J connectivity index is 2.11. The molecule has 1 aromatic carbocycles. The van der Waals surface area contributed by atoms with Crippen molar-refractivity contribution in [2.24, 2.45) is 5.10 Å². The molecule has 7 N–H and O–H groups in total. The lowest BCUT2D eigenvalue weighted by molar-refractivity contribution is -0.384. The third-order valence-corrected chi connectivity index (χ3v) is 2.49. The number of aromatic nitrogens is 2. The van der Waals surface area contributed by atoms with Gasteiger partial charge in [-0.3, -0.25) is 15.5 Å². The van der Waals surface area contributed by atoms with E-state index in [2.05, 4.69) is 20.5 Å². The first-order valence-corrected chi connectivity index (χ1v) is 5.69. The summed E-state index contributed by atoms with van der Waals surface area (Å²) in [4.78, 5) is 17.6. The Labute approximate surface area is 118 Å². The van der Waals surface area contributed by atoms with Gasteiger partial charge in [-0.15, -0.1) is 0 Å². The number of benzene rings is 1. The molecule has 0 saturated carbocycles. The van der Waals surface area contributed by atoms with E-state index in [9.17, 15) is 10.1 Å². The van der Waals surface area contributed by atoms with Crippen LogP contribution in [-0.4, -0.2) is 21.1 Å². The highest BCUT2D eigenvalue weighted by Gasteiger charge is 2.06. The average Bonchev–Trinajstić information content (AvgIpc) is 2.42. The normalized spacial score (nSPS) is 10.7. The molecule has 2 rings (SSSR count). The van der Waals surface area contributed by atoms with E-state index in [4.69, 9.17) is 17.2 Å². The predicted molar refractivity (Wildman–Crippen MR) is 79.6 cm³/mol. The number of nitro groups is 1. The zero-order chi connectivity index (χ0) is 15.4. The van der Waals surface area contributed by atoms with Crippen molar-refractivity contribution in [1.82, 2.24) is 9.97 Å². The first-order chi connectivity index (χ1) is 9.97. The summed E-state index contributed by atoms with van der Waals surface area (Å²) >= 11 is 0. The molecule has 10 nitrogen and oxygen atoms in total. The SMILES string of the molecule is Nc1nc(N)c(C=NNc2ccc([N+](=O)[O-])cc2)c(N)n1. The summed E-state index contributed by atoms with van der Waals surface area (Å²) in [6, 6.07) is 5.74. The number of nitro benzene ring substituents is 1. The van der Waals surface area contributed by atoms with Crippen LogP contribution in [0.3, 0.4) is 0 Å². The summed E-state index contributed by atoms with van der Waals surface area (Å²) in [5.41, 5.74) is 20.2. The molecule has 108 valence electrons. The number of non-ortho nitro benzene ring substituents is 1. The minimum Gasteiger partial charge on any atom is -0.383 e. The van der Waals surface area contributed by atoms with Gasteiger partial charge in [0.25, 0.3) is 5.69 Å². The fourth-order valence-corrected chi connectivity index (χ4v) is 1.48. The molecule has 21 heavy (non-hydrogen) atoms. The highest BCUT2D eigenvalue weighted by atomic mass is 16.6.